The number of amides is 1. The van der Waals surface area contributed by atoms with E-state index in [-0.39, 0.29) is 17.0 Å². The van der Waals surface area contributed by atoms with Gasteiger partial charge in [-0.3, -0.25) is 14.9 Å². The van der Waals surface area contributed by atoms with Crippen LogP contribution in [0.25, 0.3) is 0 Å². The first kappa shape index (κ1) is 16.9. The van der Waals surface area contributed by atoms with E-state index >= 15 is 0 Å². The first-order valence-electron chi connectivity index (χ1n) is 6.89. The minimum Gasteiger partial charge on any atom is -0.478 e. The Bertz CT molecular complexity index is 803. The second kappa shape index (κ2) is 7.23. The fourth-order valence-corrected chi connectivity index (χ4v) is 2.06. The lowest BCUT2D eigenvalue weighted by Gasteiger charge is -2.11. The molecule has 8 heteroatoms. The fourth-order valence-electron chi connectivity index (χ4n) is 2.06. The number of rotatable bonds is 6. The van der Waals surface area contributed by atoms with Gasteiger partial charge in [-0.1, -0.05) is 18.2 Å². The van der Waals surface area contributed by atoms with E-state index in [2.05, 4.69) is 5.32 Å². The fraction of sp³-hybridized carbons (Fsp3) is 0.125. The molecule has 2 N–H and O–H groups in total. The molecule has 0 aliphatic rings. The summed E-state index contributed by atoms with van der Waals surface area (Å²) in [5.41, 5.74) is 0.580. The number of benzene rings is 2. The largest absolute Gasteiger partial charge is 0.478 e. The maximum absolute atomic E-state index is 11.9. The van der Waals surface area contributed by atoms with Crippen LogP contribution < -0.4 is 10.1 Å². The van der Waals surface area contributed by atoms with Crippen LogP contribution in [0.2, 0.25) is 0 Å². The molecule has 124 valence electrons. The number of nitrogens with one attached hydrogen (secondary N) is 1. The molecule has 1 amide bonds. The highest BCUT2D eigenvalue weighted by Gasteiger charge is 2.16. The minimum atomic E-state index is -1.10. The number of hydrogen-bond donors (Lipinski definition) is 2. The molecule has 0 aliphatic heterocycles. The van der Waals surface area contributed by atoms with Crippen LogP contribution in [0, 0.1) is 17.0 Å². The molecular formula is C16H14N2O6. The lowest BCUT2D eigenvalue weighted by atomic mass is 10.1. The molecule has 2 rings (SSSR count). The van der Waals surface area contributed by atoms with Gasteiger partial charge in [-0.15, -0.1) is 0 Å². The normalized spacial score (nSPS) is 10.0. The van der Waals surface area contributed by atoms with Crippen molar-refractivity contribution >= 4 is 23.3 Å². The van der Waals surface area contributed by atoms with E-state index in [1.165, 1.54) is 30.3 Å². The molecule has 0 heterocycles. The zero-order valence-electron chi connectivity index (χ0n) is 12.7. The average molecular weight is 330 g/mol. The summed E-state index contributed by atoms with van der Waals surface area (Å²) in [4.78, 5) is 33.3. The molecule has 0 aromatic heterocycles. The van der Waals surface area contributed by atoms with E-state index in [0.717, 1.165) is 0 Å². The van der Waals surface area contributed by atoms with Crippen LogP contribution >= 0.6 is 0 Å². The van der Waals surface area contributed by atoms with Gasteiger partial charge in [0.25, 0.3) is 5.91 Å². The summed E-state index contributed by atoms with van der Waals surface area (Å²) in [5.74, 6) is -1.67. The van der Waals surface area contributed by atoms with Crippen LogP contribution in [0.4, 0.5) is 11.4 Å². The van der Waals surface area contributed by atoms with Crippen LogP contribution in [-0.2, 0) is 4.79 Å². The van der Waals surface area contributed by atoms with Crippen LogP contribution in [0.15, 0.2) is 42.5 Å². The number of nitro benzene ring substituents is 1. The number of hydrogen-bond acceptors (Lipinski definition) is 5. The number of aromatic carboxylic acids is 1. The van der Waals surface area contributed by atoms with Crippen molar-refractivity contribution in [1.82, 2.24) is 0 Å². The molecule has 0 unspecified atom stereocenters. The average Bonchev–Trinajstić information content (AvgIpc) is 2.54. The standard InChI is InChI=1S/C16H14N2O6/c1-10-11(16(20)21)5-4-6-12(10)17-15(19)9-24-14-8-3-2-7-13(14)18(22)23/h2-8H,9H2,1H3,(H,17,19)(H,20,21). The Morgan fingerprint density at radius 1 is 1.21 bits per heavy atom. The highest BCUT2D eigenvalue weighted by atomic mass is 16.6. The molecule has 0 saturated heterocycles. The Hall–Kier alpha value is -3.42. The van der Waals surface area contributed by atoms with Gasteiger partial charge in [0.1, 0.15) is 0 Å². The van der Waals surface area contributed by atoms with Crippen molar-refractivity contribution in [3.8, 4) is 5.75 Å². The molecule has 0 radical (unpaired) electrons. The lowest BCUT2D eigenvalue weighted by Crippen LogP contribution is -2.21. The third-order valence-electron chi connectivity index (χ3n) is 3.26. The first-order valence-corrected chi connectivity index (χ1v) is 6.89. The van der Waals surface area contributed by atoms with Gasteiger partial charge in [0.2, 0.25) is 0 Å². The van der Waals surface area contributed by atoms with Gasteiger partial charge in [-0.25, -0.2) is 4.79 Å². The molecular weight excluding hydrogens is 316 g/mol. The Balaban J connectivity index is 2.06. The Morgan fingerprint density at radius 3 is 2.58 bits per heavy atom. The number of para-hydroxylation sites is 2. The van der Waals surface area contributed by atoms with Gasteiger partial charge >= 0.3 is 11.7 Å². The topological polar surface area (TPSA) is 119 Å². The number of carboxylic acid groups (broad SMARTS) is 1. The summed E-state index contributed by atoms with van der Waals surface area (Å²) in [6.45, 7) is 1.13. The van der Waals surface area contributed by atoms with Crippen molar-refractivity contribution in [2.24, 2.45) is 0 Å². The third-order valence-corrected chi connectivity index (χ3v) is 3.26. The summed E-state index contributed by atoms with van der Waals surface area (Å²) < 4.78 is 5.18. The van der Waals surface area contributed by atoms with Gasteiger partial charge in [0.05, 0.1) is 10.5 Å². The molecule has 24 heavy (non-hydrogen) atoms. The SMILES string of the molecule is Cc1c(NC(=O)COc2ccccc2[N+](=O)[O-])cccc1C(=O)O. The van der Waals surface area contributed by atoms with Crippen LogP contribution in [-0.4, -0.2) is 28.5 Å². The van der Waals surface area contributed by atoms with E-state index in [9.17, 15) is 19.7 Å². The van der Waals surface area contributed by atoms with Crippen molar-refractivity contribution in [3.05, 3.63) is 63.7 Å². The second-order valence-corrected chi connectivity index (χ2v) is 4.84. The van der Waals surface area contributed by atoms with E-state index < -0.39 is 23.4 Å². The van der Waals surface area contributed by atoms with Crippen molar-refractivity contribution < 1.29 is 24.4 Å². The van der Waals surface area contributed by atoms with Crippen LogP contribution in [0.5, 0.6) is 5.75 Å². The minimum absolute atomic E-state index is 0.0198. The summed E-state index contributed by atoms with van der Waals surface area (Å²) >= 11 is 0. The molecule has 2 aromatic carbocycles. The molecule has 0 saturated carbocycles. The van der Waals surface area contributed by atoms with Gasteiger partial charge in [-0.2, -0.15) is 0 Å². The Kier molecular flexibility index (Phi) is 5.10. The molecule has 0 atom stereocenters. The number of ether oxygens (including phenoxy) is 1. The summed E-state index contributed by atoms with van der Waals surface area (Å²) in [5, 5.41) is 22.5. The van der Waals surface area contributed by atoms with Crippen molar-refractivity contribution in [2.75, 3.05) is 11.9 Å². The maximum Gasteiger partial charge on any atom is 0.336 e. The monoisotopic (exact) mass is 330 g/mol. The van der Waals surface area contributed by atoms with Crippen molar-refractivity contribution in [3.63, 3.8) is 0 Å². The number of carboxylic acids is 1. The maximum atomic E-state index is 11.9. The number of carbonyl (C=O) groups excluding carboxylic acids is 1. The van der Waals surface area contributed by atoms with Crippen LogP contribution in [0.1, 0.15) is 15.9 Å². The van der Waals surface area contributed by atoms with Gasteiger partial charge in [0, 0.05) is 11.8 Å². The van der Waals surface area contributed by atoms with Gasteiger partial charge < -0.3 is 15.2 Å². The quantitative estimate of drug-likeness (QED) is 0.621. The first-order chi connectivity index (χ1) is 11.4. The molecule has 0 fully saturated rings. The number of anilines is 1. The molecule has 0 aliphatic carbocycles. The highest BCUT2D eigenvalue weighted by Crippen LogP contribution is 2.25. The van der Waals surface area contributed by atoms with Gasteiger partial charge in [0.15, 0.2) is 12.4 Å². The zero-order chi connectivity index (χ0) is 17.7. The second-order valence-electron chi connectivity index (χ2n) is 4.84. The van der Waals surface area contributed by atoms with Crippen molar-refractivity contribution in [1.29, 1.82) is 0 Å². The predicted molar refractivity (Wildman–Crippen MR) is 85.4 cm³/mol. The lowest BCUT2D eigenvalue weighted by molar-refractivity contribution is -0.385. The molecule has 0 spiro atoms. The van der Waals surface area contributed by atoms with E-state index in [1.54, 1.807) is 19.1 Å². The summed E-state index contributed by atoms with van der Waals surface area (Å²) in [6, 6.07) is 10.2. The Labute approximate surface area is 136 Å². The van der Waals surface area contributed by atoms with Gasteiger partial charge in [-0.05, 0) is 30.7 Å². The Morgan fingerprint density at radius 2 is 1.92 bits per heavy atom. The van der Waals surface area contributed by atoms with E-state index in [4.69, 9.17) is 9.84 Å². The molecule has 8 nitrogen and oxygen atoms in total. The van der Waals surface area contributed by atoms with Crippen molar-refractivity contribution in [2.45, 2.75) is 6.92 Å². The molecule has 0 bridgehead atoms. The summed E-state index contributed by atoms with van der Waals surface area (Å²) in [7, 11) is 0. The third kappa shape index (κ3) is 3.86. The number of nitro groups is 1. The van der Waals surface area contributed by atoms with E-state index in [1.807, 2.05) is 0 Å². The van der Waals surface area contributed by atoms with E-state index in [0.29, 0.717) is 11.3 Å². The summed E-state index contributed by atoms with van der Waals surface area (Å²) in [6.07, 6.45) is 0. The number of carbonyl (C=O) groups is 2. The smallest absolute Gasteiger partial charge is 0.336 e. The van der Waals surface area contributed by atoms with Crippen LogP contribution in [0.3, 0.4) is 0 Å². The molecule has 2 aromatic rings. The highest BCUT2D eigenvalue weighted by molar-refractivity contribution is 5.96. The predicted octanol–water partition coefficient (Wildman–Crippen LogP) is 2.62. The zero-order valence-corrected chi connectivity index (χ0v) is 12.7. The number of nitrogens with zero attached hydrogens (tertiary/aromatic N) is 1.